The average Bonchev–Trinajstić information content (AvgIpc) is 2.35. The zero-order chi connectivity index (χ0) is 12.3. The summed E-state index contributed by atoms with van der Waals surface area (Å²) in [4.78, 5) is 11.8. The highest BCUT2D eigenvalue weighted by Gasteiger charge is 2.12. The summed E-state index contributed by atoms with van der Waals surface area (Å²) in [5.74, 6) is -0.126. The van der Waals surface area contributed by atoms with E-state index in [9.17, 15) is 4.79 Å². The van der Waals surface area contributed by atoms with Gasteiger partial charge in [-0.05, 0) is 43.5 Å². The number of nitrogens with one attached hydrogen (secondary N) is 2. The standard InChI is InChI=1S/C13H18N2O2/c1-9(16)8-15-13(17)11-4-5-12-10(7-11)3-2-6-14-12/h4-5,7,9,14,16H,2-3,6,8H2,1H3,(H,15,17). The Kier molecular flexibility index (Phi) is 3.64. The number of amides is 1. The molecule has 1 amide bonds. The molecule has 4 heteroatoms. The van der Waals surface area contributed by atoms with E-state index >= 15 is 0 Å². The van der Waals surface area contributed by atoms with Crippen molar-refractivity contribution in [3.63, 3.8) is 0 Å². The number of aliphatic hydroxyl groups is 1. The molecule has 0 saturated carbocycles. The summed E-state index contributed by atoms with van der Waals surface area (Å²) >= 11 is 0. The number of benzene rings is 1. The van der Waals surface area contributed by atoms with Crippen LogP contribution in [0.15, 0.2) is 18.2 Å². The van der Waals surface area contributed by atoms with E-state index in [1.165, 1.54) is 5.56 Å². The van der Waals surface area contributed by atoms with Crippen LogP contribution in [0.3, 0.4) is 0 Å². The molecule has 1 aromatic rings. The van der Waals surface area contributed by atoms with Crippen molar-refractivity contribution >= 4 is 11.6 Å². The first-order valence-corrected chi connectivity index (χ1v) is 6.00. The Morgan fingerprint density at radius 1 is 1.59 bits per heavy atom. The highest BCUT2D eigenvalue weighted by atomic mass is 16.3. The topological polar surface area (TPSA) is 61.4 Å². The Hall–Kier alpha value is -1.55. The predicted molar refractivity (Wildman–Crippen MR) is 67.3 cm³/mol. The van der Waals surface area contributed by atoms with Crippen LogP contribution in [0, 0.1) is 0 Å². The number of carbonyl (C=O) groups is 1. The maximum atomic E-state index is 11.8. The maximum Gasteiger partial charge on any atom is 0.251 e. The molecule has 0 spiro atoms. The molecule has 1 heterocycles. The van der Waals surface area contributed by atoms with Crippen LogP contribution in [0.1, 0.15) is 29.3 Å². The lowest BCUT2D eigenvalue weighted by molar-refractivity contribution is 0.0924. The molecule has 1 aliphatic heterocycles. The summed E-state index contributed by atoms with van der Waals surface area (Å²) in [6.07, 6.45) is 1.60. The molecule has 3 N–H and O–H groups in total. The summed E-state index contributed by atoms with van der Waals surface area (Å²) in [6, 6.07) is 5.69. The Balaban J connectivity index is 2.08. The van der Waals surface area contributed by atoms with Crippen LogP contribution in [0.25, 0.3) is 0 Å². The van der Waals surface area contributed by atoms with Gasteiger partial charge in [0.2, 0.25) is 0 Å². The molecule has 1 atom stereocenters. The van der Waals surface area contributed by atoms with E-state index in [0.29, 0.717) is 5.56 Å². The highest BCUT2D eigenvalue weighted by Crippen LogP contribution is 2.22. The van der Waals surface area contributed by atoms with E-state index in [1.54, 1.807) is 6.92 Å². The molecule has 0 saturated heterocycles. The predicted octanol–water partition coefficient (Wildman–Crippen LogP) is 1.16. The van der Waals surface area contributed by atoms with Crippen molar-refractivity contribution in [3.8, 4) is 0 Å². The number of rotatable bonds is 3. The van der Waals surface area contributed by atoms with E-state index in [0.717, 1.165) is 25.1 Å². The van der Waals surface area contributed by atoms with Gasteiger partial charge in [-0.2, -0.15) is 0 Å². The molecular formula is C13H18N2O2. The fraction of sp³-hybridized carbons (Fsp3) is 0.462. The minimum atomic E-state index is -0.516. The summed E-state index contributed by atoms with van der Waals surface area (Å²) < 4.78 is 0. The summed E-state index contributed by atoms with van der Waals surface area (Å²) in [6.45, 7) is 2.94. The Morgan fingerprint density at radius 2 is 2.41 bits per heavy atom. The van der Waals surface area contributed by atoms with Crippen LogP contribution in [0.4, 0.5) is 5.69 Å². The van der Waals surface area contributed by atoms with Crippen LogP contribution in [0.2, 0.25) is 0 Å². The lowest BCUT2D eigenvalue weighted by Gasteiger charge is -2.18. The molecule has 0 aromatic heterocycles. The summed E-state index contributed by atoms with van der Waals surface area (Å²) in [5, 5.41) is 15.1. The first-order chi connectivity index (χ1) is 8.16. The Morgan fingerprint density at radius 3 is 3.18 bits per heavy atom. The molecule has 2 rings (SSSR count). The van der Waals surface area contributed by atoms with Crippen molar-refractivity contribution in [2.45, 2.75) is 25.9 Å². The third-order valence-electron chi connectivity index (χ3n) is 2.86. The van der Waals surface area contributed by atoms with Gasteiger partial charge in [-0.15, -0.1) is 0 Å². The van der Waals surface area contributed by atoms with Crippen molar-refractivity contribution < 1.29 is 9.90 Å². The molecule has 17 heavy (non-hydrogen) atoms. The Bertz CT molecular complexity index is 416. The van der Waals surface area contributed by atoms with Crippen LogP contribution in [-0.2, 0) is 6.42 Å². The monoisotopic (exact) mass is 234 g/mol. The molecule has 0 radical (unpaired) electrons. The molecule has 0 bridgehead atoms. The normalized spacial score (nSPS) is 15.6. The largest absolute Gasteiger partial charge is 0.392 e. The van der Waals surface area contributed by atoms with E-state index in [2.05, 4.69) is 10.6 Å². The summed E-state index contributed by atoms with van der Waals surface area (Å²) in [5.41, 5.74) is 2.98. The number of hydrogen-bond donors (Lipinski definition) is 3. The minimum Gasteiger partial charge on any atom is -0.392 e. The molecule has 1 aliphatic rings. The SMILES string of the molecule is CC(O)CNC(=O)c1ccc2c(c1)CCCN2. The lowest BCUT2D eigenvalue weighted by Crippen LogP contribution is -2.30. The van der Waals surface area contributed by atoms with Gasteiger partial charge < -0.3 is 15.7 Å². The molecule has 4 nitrogen and oxygen atoms in total. The maximum absolute atomic E-state index is 11.8. The second-order valence-electron chi connectivity index (χ2n) is 4.46. The number of hydrogen-bond acceptors (Lipinski definition) is 3. The lowest BCUT2D eigenvalue weighted by atomic mass is 10.0. The molecule has 1 unspecified atom stereocenters. The zero-order valence-corrected chi connectivity index (χ0v) is 9.99. The third kappa shape index (κ3) is 2.97. The van der Waals surface area contributed by atoms with Gasteiger partial charge in [0.25, 0.3) is 5.91 Å². The van der Waals surface area contributed by atoms with Gasteiger partial charge in [0.15, 0.2) is 0 Å². The van der Waals surface area contributed by atoms with Gasteiger partial charge in [0, 0.05) is 24.3 Å². The quantitative estimate of drug-likeness (QED) is 0.735. The van der Waals surface area contributed by atoms with Gasteiger partial charge in [0.05, 0.1) is 6.10 Å². The van der Waals surface area contributed by atoms with Crippen molar-refractivity contribution in [2.24, 2.45) is 0 Å². The average molecular weight is 234 g/mol. The van der Waals surface area contributed by atoms with Gasteiger partial charge in [0.1, 0.15) is 0 Å². The fourth-order valence-corrected chi connectivity index (χ4v) is 1.96. The summed E-state index contributed by atoms with van der Waals surface area (Å²) in [7, 11) is 0. The van der Waals surface area contributed by atoms with Crippen molar-refractivity contribution in [3.05, 3.63) is 29.3 Å². The number of aryl methyl sites for hydroxylation is 1. The first-order valence-electron chi connectivity index (χ1n) is 6.00. The first kappa shape index (κ1) is 11.9. The van der Waals surface area contributed by atoms with Crippen LogP contribution < -0.4 is 10.6 Å². The molecule has 92 valence electrons. The van der Waals surface area contributed by atoms with Gasteiger partial charge in [-0.3, -0.25) is 4.79 Å². The van der Waals surface area contributed by atoms with E-state index < -0.39 is 6.10 Å². The number of aliphatic hydroxyl groups excluding tert-OH is 1. The molecule has 0 aliphatic carbocycles. The van der Waals surface area contributed by atoms with Crippen molar-refractivity contribution in [2.75, 3.05) is 18.4 Å². The second kappa shape index (κ2) is 5.19. The van der Waals surface area contributed by atoms with Gasteiger partial charge >= 0.3 is 0 Å². The Labute approximate surface area is 101 Å². The van der Waals surface area contributed by atoms with E-state index in [-0.39, 0.29) is 12.5 Å². The van der Waals surface area contributed by atoms with Crippen LogP contribution in [-0.4, -0.2) is 30.2 Å². The zero-order valence-electron chi connectivity index (χ0n) is 9.99. The third-order valence-corrected chi connectivity index (χ3v) is 2.86. The van der Waals surface area contributed by atoms with Crippen molar-refractivity contribution in [1.82, 2.24) is 5.32 Å². The smallest absolute Gasteiger partial charge is 0.251 e. The molecule has 1 aromatic carbocycles. The van der Waals surface area contributed by atoms with Crippen LogP contribution in [0.5, 0.6) is 0 Å². The number of anilines is 1. The van der Waals surface area contributed by atoms with Gasteiger partial charge in [-0.25, -0.2) is 0 Å². The highest BCUT2D eigenvalue weighted by molar-refractivity contribution is 5.95. The van der Waals surface area contributed by atoms with E-state index in [4.69, 9.17) is 5.11 Å². The van der Waals surface area contributed by atoms with Crippen molar-refractivity contribution in [1.29, 1.82) is 0 Å². The number of fused-ring (bicyclic) bond motifs is 1. The number of carbonyl (C=O) groups excluding carboxylic acids is 1. The molecule has 0 fully saturated rings. The van der Waals surface area contributed by atoms with Gasteiger partial charge in [-0.1, -0.05) is 0 Å². The molecular weight excluding hydrogens is 216 g/mol. The minimum absolute atomic E-state index is 0.126. The fourth-order valence-electron chi connectivity index (χ4n) is 1.96. The second-order valence-corrected chi connectivity index (χ2v) is 4.46. The van der Waals surface area contributed by atoms with Crippen LogP contribution >= 0.6 is 0 Å². The van der Waals surface area contributed by atoms with E-state index in [1.807, 2.05) is 18.2 Å².